The number of hydrogen-bond acceptors (Lipinski definition) is 4. The summed E-state index contributed by atoms with van der Waals surface area (Å²) in [6.45, 7) is 2.00. The van der Waals surface area contributed by atoms with Crippen molar-refractivity contribution in [2.24, 2.45) is 9.98 Å². The van der Waals surface area contributed by atoms with Crippen LogP contribution in [0.5, 0.6) is 11.5 Å². The van der Waals surface area contributed by atoms with Crippen LogP contribution in [0.15, 0.2) is 22.3 Å². The highest BCUT2D eigenvalue weighted by molar-refractivity contribution is 6.23. The van der Waals surface area contributed by atoms with Gasteiger partial charge in [-0.3, -0.25) is 4.99 Å². The zero-order valence-electron chi connectivity index (χ0n) is 11.3. The first-order chi connectivity index (χ1) is 9.68. The first-order valence-electron chi connectivity index (χ1n) is 7.12. The summed E-state index contributed by atoms with van der Waals surface area (Å²) in [6, 6.07) is 0. The second-order valence-electron chi connectivity index (χ2n) is 5.69. The highest BCUT2D eigenvalue weighted by atomic mass is 16.3. The Morgan fingerprint density at radius 3 is 2.80 bits per heavy atom. The third kappa shape index (κ3) is 1.36. The molecule has 102 valence electrons. The van der Waals surface area contributed by atoms with Crippen LogP contribution in [0.1, 0.15) is 44.1 Å². The summed E-state index contributed by atoms with van der Waals surface area (Å²) < 4.78 is 0. The molecule has 1 atom stereocenters. The van der Waals surface area contributed by atoms with Crippen molar-refractivity contribution in [1.82, 2.24) is 0 Å². The highest BCUT2D eigenvalue weighted by Gasteiger charge is 2.29. The number of phenolic OH excluding ortho intramolecular Hbond substituents is 2. The van der Waals surface area contributed by atoms with Gasteiger partial charge in [-0.25, -0.2) is 4.99 Å². The third-order valence-electron chi connectivity index (χ3n) is 4.45. The second kappa shape index (κ2) is 3.95. The molecule has 1 saturated carbocycles. The number of benzene rings is 1. The smallest absolute Gasteiger partial charge is 0.168 e. The number of rotatable bonds is 0. The number of phenols is 2. The largest absolute Gasteiger partial charge is 0.507 e. The summed E-state index contributed by atoms with van der Waals surface area (Å²) in [5.41, 5.74) is 3.38. The van der Waals surface area contributed by atoms with E-state index in [2.05, 4.69) is 9.98 Å². The molecule has 0 saturated heterocycles. The lowest BCUT2D eigenvalue weighted by Gasteiger charge is -2.16. The molecule has 3 aliphatic rings. The Morgan fingerprint density at radius 1 is 1.15 bits per heavy atom. The van der Waals surface area contributed by atoms with E-state index in [1.165, 1.54) is 0 Å². The summed E-state index contributed by atoms with van der Waals surface area (Å²) in [6.07, 6.45) is 7.71. The number of allylic oxidation sites excluding steroid dienone is 1. The molecule has 0 spiro atoms. The fraction of sp³-hybridized carbons (Fsp3) is 0.375. The van der Waals surface area contributed by atoms with Gasteiger partial charge in [0, 0.05) is 23.4 Å². The maximum atomic E-state index is 10.7. The van der Waals surface area contributed by atoms with Gasteiger partial charge in [-0.1, -0.05) is 13.0 Å². The molecule has 0 radical (unpaired) electrons. The van der Waals surface area contributed by atoms with Crippen molar-refractivity contribution in [2.45, 2.75) is 38.5 Å². The number of nitrogens with zero attached hydrogens (tertiary/aromatic N) is 2. The Bertz CT molecular complexity index is 803. The van der Waals surface area contributed by atoms with E-state index in [0.717, 1.165) is 47.8 Å². The molecule has 20 heavy (non-hydrogen) atoms. The number of aromatic hydroxyl groups is 2. The molecule has 2 aliphatic heterocycles. The average molecular weight is 268 g/mol. The predicted octanol–water partition coefficient (Wildman–Crippen LogP) is 2.16. The maximum absolute atomic E-state index is 10.7. The maximum Gasteiger partial charge on any atom is 0.168 e. The molecule has 0 amide bonds. The van der Waals surface area contributed by atoms with Crippen LogP contribution < -0.4 is 10.6 Å². The Kier molecular flexibility index (Phi) is 2.31. The molecule has 0 bridgehead atoms. The fourth-order valence-electron chi connectivity index (χ4n) is 3.43. The number of aliphatic imine (C=N–C) groups is 1. The van der Waals surface area contributed by atoms with E-state index in [9.17, 15) is 10.2 Å². The van der Waals surface area contributed by atoms with E-state index in [4.69, 9.17) is 0 Å². The predicted molar refractivity (Wildman–Crippen MR) is 77.1 cm³/mol. The molecule has 4 heteroatoms. The molecule has 1 aliphatic carbocycles. The van der Waals surface area contributed by atoms with Crippen molar-refractivity contribution >= 4 is 17.0 Å². The van der Waals surface area contributed by atoms with Crippen molar-refractivity contribution in [1.29, 1.82) is 0 Å². The van der Waals surface area contributed by atoms with Crippen LogP contribution >= 0.6 is 0 Å². The zero-order chi connectivity index (χ0) is 13.9. The van der Waals surface area contributed by atoms with Crippen molar-refractivity contribution in [3.63, 3.8) is 0 Å². The van der Waals surface area contributed by atoms with Gasteiger partial charge in [0.2, 0.25) is 0 Å². The molecular weight excluding hydrogens is 252 g/mol. The average Bonchev–Trinajstić information content (AvgIpc) is 2.84. The molecule has 2 heterocycles. The van der Waals surface area contributed by atoms with Crippen LogP contribution in [-0.2, 0) is 0 Å². The third-order valence-corrected chi connectivity index (χ3v) is 4.45. The SMILES string of the molecule is CC1C=CN=c2c(O)c3c(c(O)c21)=C1CCCCC1=N3. The Labute approximate surface area is 116 Å². The van der Waals surface area contributed by atoms with E-state index in [-0.39, 0.29) is 17.4 Å². The topological polar surface area (TPSA) is 65.2 Å². The Morgan fingerprint density at radius 2 is 1.95 bits per heavy atom. The summed E-state index contributed by atoms with van der Waals surface area (Å²) in [5, 5.41) is 22.4. The standard InChI is InChI=1S/C16H16N2O2/c1-8-6-7-17-13-11(8)15(19)12-9-4-2-3-5-10(9)18-14(12)16(13)20/h6-8,19-20H,2-5H2,1H3. The quantitative estimate of drug-likeness (QED) is 0.708. The van der Waals surface area contributed by atoms with Gasteiger partial charge in [0.25, 0.3) is 0 Å². The van der Waals surface area contributed by atoms with Gasteiger partial charge in [0.1, 0.15) is 16.8 Å². The molecule has 4 nitrogen and oxygen atoms in total. The van der Waals surface area contributed by atoms with Gasteiger partial charge in [-0.15, -0.1) is 0 Å². The van der Waals surface area contributed by atoms with Gasteiger partial charge in [-0.2, -0.15) is 0 Å². The van der Waals surface area contributed by atoms with Crippen molar-refractivity contribution in [3.05, 3.63) is 28.4 Å². The molecule has 0 aromatic heterocycles. The van der Waals surface area contributed by atoms with Crippen LogP contribution in [0.3, 0.4) is 0 Å². The Balaban J connectivity index is 2.16. The zero-order valence-corrected chi connectivity index (χ0v) is 11.3. The first kappa shape index (κ1) is 11.7. The Hall–Kier alpha value is -2.10. The summed E-state index contributed by atoms with van der Waals surface area (Å²) >= 11 is 0. The van der Waals surface area contributed by atoms with Crippen molar-refractivity contribution < 1.29 is 10.2 Å². The first-order valence-corrected chi connectivity index (χ1v) is 7.12. The summed E-state index contributed by atoms with van der Waals surface area (Å²) in [4.78, 5) is 8.78. The molecular formula is C16H16N2O2. The van der Waals surface area contributed by atoms with E-state index in [0.29, 0.717) is 11.0 Å². The lowest BCUT2D eigenvalue weighted by atomic mass is 9.90. The van der Waals surface area contributed by atoms with Gasteiger partial charge in [0.15, 0.2) is 5.75 Å². The summed E-state index contributed by atoms with van der Waals surface area (Å²) in [5.74, 6) is 0.411. The van der Waals surface area contributed by atoms with Gasteiger partial charge >= 0.3 is 0 Å². The summed E-state index contributed by atoms with van der Waals surface area (Å²) in [7, 11) is 0. The van der Waals surface area contributed by atoms with E-state index in [1.807, 2.05) is 13.0 Å². The van der Waals surface area contributed by atoms with E-state index >= 15 is 0 Å². The van der Waals surface area contributed by atoms with Gasteiger partial charge in [-0.05, 0) is 31.3 Å². The van der Waals surface area contributed by atoms with Crippen LogP contribution in [0, 0.1) is 0 Å². The monoisotopic (exact) mass is 268 g/mol. The molecule has 2 N–H and O–H groups in total. The minimum atomic E-state index is 0.0481. The van der Waals surface area contributed by atoms with Crippen LogP contribution in [0.25, 0.3) is 5.57 Å². The molecule has 1 unspecified atom stereocenters. The number of fused-ring (bicyclic) bond motifs is 3. The molecule has 1 aromatic carbocycles. The van der Waals surface area contributed by atoms with Gasteiger partial charge < -0.3 is 10.2 Å². The lowest BCUT2D eigenvalue weighted by molar-refractivity contribution is 0.443. The van der Waals surface area contributed by atoms with Crippen molar-refractivity contribution in [2.75, 3.05) is 0 Å². The number of hydrogen-bond donors (Lipinski definition) is 2. The van der Waals surface area contributed by atoms with E-state index < -0.39 is 0 Å². The molecule has 1 fully saturated rings. The minimum absolute atomic E-state index is 0.0481. The normalized spacial score (nSPS) is 22.8. The second-order valence-corrected chi connectivity index (χ2v) is 5.69. The van der Waals surface area contributed by atoms with Crippen LogP contribution in [-0.4, -0.2) is 15.9 Å². The van der Waals surface area contributed by atoms with Crippen molar-refractivity contribution in [3.8, 4) is 11.5 Å². The molecule has 4 rings (SSSR count). The van der Waals surface area contributed by atoms with E-state index in [1.54, 1.807) is 6.20 Å². The fourth-order valence-corrected chi connectivity index (χ4v) is 3.43. The van der Waals surface area contributed by atoms with Crippen LogP contribution in [0.4, 0.5) is 5.69 Å². The molecule has 1 aromatic rings. The highest BCUT2D eigenvalue weighted by Crippen LogP contribution is 2.37. The van der Waals surface area contributed by atoms with Gasteiger partial charge in [0.05, 0.1) is 5.22 Å². The lowest BCUT2D eigenvalue weighted by Crippen LogP contribution is -2.22. The minimum Gasteiger partial charge on any atom is -0.507 e. The van der Waals surface area contributed by atoms with Crippen LogP contribution in [0.2, 0.25) is 0 Å².